The van der Waals surface area contributed by atoms with Crippen molar-refractivity contribution in [2.45, 2.75) is 31.4 Å². The predicted molar refractivity (Wildman–Crippen MR) is 109 cm³/mol. The number of nitrogens with zero attached hydrogens (tertiary/aromatic N) is 3. The summed E-state index contributed by atoms with van der Waals surface area (Å²) >= 11 is 6.27. The lowest BCUT2D eigenvalue weighted by Gasteiger charge is -2.40. The highest BCUT2D eigenvalue weighted by Gasteiger charge is 2.41. The van der Waals surface area contributed by atoms with E-state index in [9.17, 15) is 23.2 Å². The van der Waals surface area contributed by atoms with Crippen LogP contribution in [0.3, 0.4) is 0 Å². The van der Waals surface area contributed by atoms with Gasteiger partial charge in [0, 0.05) is 30.1 Å². The average Bonchev–Trinajstić information content (AvgIpc) is 2.74. The maximum Gasteiger partial charge on any atom is 0.416 e. The number of benzene rings is 1. The van der Waals surface area contributed by atoms with Crippen molar-refractivity contribution in [1.29, 1.82) is 5.26 Å². The zero-order valence-corrected chi connectivity index (χ0v) is 16.8. The fourth-order valence-corrected chi connectivity index (χ4v) is 4.30. The summed E-state index contributed by atoms with van der Waals surface area (Å²) < 4.78 is 40.1. The number of carbonyl (C=O) groups excluding carboxylic acids is 1. The minimum absolute atomic E-state index is 0.0198. The number of aromatic nitrogens is 1. The Labute approximate surface area is 181 Å². The number of hydrogen-bond donors (Lipinski definition) is 1. The summed E-state index contributed by atoms with van der Waals surface area (Å²) in [6.45, 7) is 0. The molecule has 0 fully saturated rings. The number of halogens is 4. The number of nitriles is 1. The van der Waals surface area contributed by atoms with Crippen molar-refractivity contribution in [3.63, 3.8) is 0 Å². The van der Waals surface area contributed by atoms with Crippen LogP contribution in [0.2, 0.25) is 5.02 Å². The highest BCUT2D eigenvalue weighted by molar-refractivity contribution is 6.33. The normalized spacial score (nSPS) is 19.4. The lowest BCUT2D eigenvalue weighted by molar-refractivity contribution is -0.137. The van der Waals surface area contributed by atoms with Gasteiger partial charge in [0.2, 0.25) is 0 Å². The third-order valence-electron chi connectivity index (χ3n) is 5.45. The number of hydrogen-bond acceptors (Lipinski definition) is 5. The van der Waals surface area contributed by atoms with Crippen LogP contribution >= 0.6 is 11.6 Å². The Bertz CT molecular complexity index is 1170. The van der Waals surface area contributed by atoms with E-state index < -0.39 is 17.7 Å². The monoisotopic (exact) mass is 444 g/mol. The van der Waals surface area contributed by atoms with Crippen LogP contribution in [0.15, 0.2) is 65.4 Å². The highest BCUT2D eigenvalue weighted by Crippen LogP contribution is 2.48. The molecular formula is C22H16ClF3N4O. The van der Waals surface area contributed by atoms with Crippen LogP contribution in [-0.2, 0) is 11.0 Å². The second kappa shape index (κ2) is 7.75. The topological polar surface area (TPSA) is 83.0 Å². The molecule has 1 aliphatic carbocycles. The van der Waals surface area contributed by atoms with Crippen molar-refractivity contribution in [3.8, 4) is 6.07 Å². The molecule has 2 aromatic rings. The summed E-state index contributed by atoms with van der Waals surface area (Å²) in [5.74, 6) is -0.961. The molecule has 1 aromatic heterocycles. The first-order valence-corrected chi connectivity index (χ1v) is 9.84. The third kappa shape index (κ3) is 3.55. The number of carbonyl (C=O) groups is 1. The van der Waals surface area contributed by atoms with Gasteiger partial charge in [-0.1, -0.05) is 17.7 Å². The number of nitrogens with two attached hydrogens (primary N) is 1. The zero-order chi connectivity index (χ0) is 22.3. The average molecular weight is 445 g/mol. The second-order valence-corrected chi connectivity index (χ2v) is 7.67. The molecule has 2 aliphatic rings. The fourth-order valence-electron chi connectivity index (χ4n) is 4.10. The third-order valence-corrected chi connectivity index (χ3v) is 5.77. The lowest BCUT2D eigenvalue weighted by Crippen LogP contribution is -2.39. The molecule has 31 heavy (non-hydrogen) atoms. The van der Waals surface area contributed by atoms with Crippen molar-refractivity contribution in [2.75, 3.05) is 4.90 Å². The summed E-state index contributed by atoms with van der Waals surface area (Å²) in [5, 5.41) is 9.93. The van der Waals surface area contributed by atoms with Gasteiger partial charge in [-0.25, -0.2) is 0 Å². The summed E-state index contributed by atoms with van der Waals surface area (Å²) in [4.78, 5) is 18.4. The van der Waals surface area contributed by atoms with E-state index in [1.807, 2.05) is 0 Å². The second-order valence-electron chi connectivity index (χ2n) is 7.27. The molecule has 0 amide bonds. The molecule has 158 valence electrons. The van der Waals surface area contributed by atoms with Crippen LogP contribution in [-0.4, -0.2) is 10.8 Å². The van der Waals surface area contributed by atoms with Gasteiger partial charge in [-0.2, -0.15) is 18.4 Å². The molecule has 0 bridgehead atoms. The van der Waals surface area contributed by atoms with Gasteiger partial charge in [0.15, 0.2) is 5.78 Å². The van der Waals surface area contributed by atoms with Gasteiger partial charge in [-0.3, -0.25) is 14.7 Å². The number of ketones is 1. The quantitative estimate of drug-likeness (QED) is 0.700. The Morgan fingerprint density at radius 1 is 1.26 bits per heavy atom. The Hall–Kier alpha value is -3.31. The number of pyridine rings is 1. The minimum atomic E-state index is -4.59. The Morgan fingerprint density at radius 3 is 2.68 bits per heavy atom. The first kappa shape index (κ1) is 20.9. The summed E-state index contributed by atoms with van der Waals surface area (Å²) in [5.41, 5.74) is 6.91. The van der Waals surface area contributed by atoms with E-state index in [1.54, 1.807) is 24.5 Å². The molecule has 9 heteroatoms. The van der Waals surface area contributed by atoms with E-state index in [0.717, 1.165) is 18.2 Å². The number of rotatable bonds is 2. The van der Waals surface area contributed by atoms with Crippen LogP contribution in [0.1, 0.15) is 36.3 Å². The summed E-state index contributed by atoms with van der Waals surface area (Å²) in [6, 6.07) is 8.37. The zero-order valence-electron chi connectivity index (χ0n) is 16.1. The Balaban J connectivity index is 1.99. The van der Waals surface area contributed by atoms with E-state index in [-0.39, 0.29) is 34.3 Å². The molecule has 0 unspecified atom stereocenters. The Morgan fingerprint density at radius 2 is 2.03 bits per heavy atom. The molecule has 4 rings (SSSR count). The maximum atomic E-state index is 13.4. The van der Waals surface area contributed by atoms with Crippen LogP contribution in [0, 0.1) is 11.3 Å². The molecule has 1 aromatic carbocycles. The van der Waals surface area contributed by atoms with E-state index in [0.29, 0.717) is 29.7 Å². The first-order chi connectivity index (χ1) is 14.7. The molecule has 0 spiro atoms. The van der Waals surface area contributed by atoms with Crippen LogP contribution in [0.4, 0.5) is 18.9 Å². The van der Waals surface area contributed by atoms with Crippen LogP contribution in [0.25, 0.3) is 0 Å². The van der Waals surface area contributed by atoms with Gasteiger partial charge >= 0.3 is 6.18 Å². The molecule has 0 saturated heterocycles. The van der Waals surface area contributed by atoms with Crippen LogP contribution < -0.4 is 10.6 Å². The molecule has 2 heterocycles. The van der Waals surface area contributed by atoms with E-state index in [1.165, 1.54) is 4.90 Å². The molecule has 0 saturated carbocycles. The van der Waals surface area contributed by atoms with Crippen molar-refractivity contribution in [2.24, 2.45) is 5.73 Å². The van der Waals surface area contributed by atoms with Gasteiger partial charge in [-0.05, 0) is 42.7 Å². The Kier molecular flexibility index (Phi) is 5.23. The fraction of sp³-hybridized carbons (Fsp3) is 0.227. The van der Waals surface area contributed by atoms with Gasteiger partial charge in [0.05, 0.1) is 33.8 Å². The minimum Gasteiger partial charge on any atom is -0.384 e. The molecule has 1 atom stereocenters. The summed E-state index contributed by atoms with van der Waals surface area (Å²) in [6.07, 6.45) is -0.280. The van der Waals surface area contributed by atoms with E-state index in [2.05, 4.69) is 11.1 Å². The lowest BCUT2D eigenvalue weighted by atomic mass is 9.76. The number of anilines is 1. The highest BCUT2D eigenvalue weighted by atomic mass is 35.5. The molecule has 5 nitrogen and oxygen atoms in total. The standard InChI is InChI=1S/C22H16ClF3N4O/c23-15-7-6-13(22(24,25)26)9-17(15)30-16-4-1-5-18(31)20(16)19(14(10-27)21(30)28)12-3-2-8-29-11-12/h2-3,6-9,11,19H,1,4-5,28H2/t19-/m1/s1. The SMILES string of the molecule is N#CC1=C(N)N(c2cc(C(F)(F)F)ccc2Cl)C2=C(C(=O)CCC2)[C@@H]1c1cccnc1. The van der Waals surface area contributed by atoms with Crippen molar-refractivity contribution in [1.82, 2.24) is 4.98 Å². The molecule has 0 radical (unpaired) electrons. The maximum absolute atomic E-state index is 13.4. The van der Waals surface area contributed by atoms with Crippen molar-refractivity contribution in [3.05, 3.63) is 81.5 Å². The molecule has 1 aliphatic heterocycles. The smallest absolute Gasteiger partial charge is 0.384 e. The van der Waals surface area contributed by atoms with Crippen molar-refractivity contribution >= 4 is 23.1 Å². The van der Waals surface area contributed by atoms with Gasteiger partial charge in [-0.15, -0.1) is 0 Å². The largest absolute Gasteiger partial charge is 0.416 e. The molecule has 2 N–H and O–H groups in total. The number of alkyl halides is 3. The number of Topliss-reactive ketones (excluding diaryl/α,β-unsaturated/α-hetero) is 1. The molecular weight excluding hydrogens is 429 g/mol. The van der Waals surface area contributed by atoms with Gasteiger partial charge in [0.25, 0.3) is 0 Å². The summed E-state index contributed by atoms with van der Waals surface area (Å²) in [7, 11) is 0. The van der Waals surface area contributed by atoms with Gasteiger partial charge in [0.1, 0.15) is 5.82 Å². The van der Waals surface area contributed by atoms with Gasteiger partial charge < -0.3 is 5.73 Å². The van der Waals surface area contributed by atoms with E-state index >= 15 is 0 Å². The predicted octanol–water partition coefficient (Wildman–Crippen LogP) is 5.06. The first-order valence-electron chi connectivity index (χ1n) is 9.46. The van der Waals surface area contributed by atoms with Crippen LogP contribution in [0.5, 0.6) is 0 Å². The van der Waals surface area contributed by atoms with Crippen molar-refractivity contribution < 1.29 is 18.0 Å². The van der Waals surface area contributed by atoms with E-state index in [4.69, 9.17) is 17.3 Å². The number of allylic oxidation sites excluding steroid dienone is 3.